The number of thiophene rings is 1. The van der Waals surface area contributed by atoms with E-state index in [1.165, 1.54) is 40.5 Å². The van der Waals surface area contributed by atoms with Crippen molar-refractivity contribution in [2.75, 3.05) is 37.7 Å². The van der Waals surface area contributed by atoms with Crippen molar-refractivity contribution in [2.24, 2.45) is 5.92 Å². The Bertz CT molecular complexity index is 1230. The molecule has 1 aliphatic heterocycles. The van der Waals surface area contributed by atoms with Gasteiger partial charge in [-0.05, 0) is 36.6 Å². The highest BCUT2D eigenvalue weighted by atomic mass is 32.2. The number of carbonyl (C=O) groups is 1. The fraction of sp³-hybridized carbons (Fsp3) is 0.476. The average Bonchev–Trinajstić information content (AvgIpc) is 3.30. The average molecular weight is 532 g/mol. The summed E-state index contributed by atoms with van der Waals surface area (Å²) in [6.45, 7) is 3.52. The first kappa shape index (κ1) is 26.4. The van der Waals surface area contributed by atoms with Gasteiger partial charge in [0, 0.05) is 25.2 Å². The van der Waals surface area contributed by atoms with Crippen LogP contribution in [0.3, 0.4) is 0 Å². The minimum atomic E-state index is -3.71. The Balaban J connectivity index is 1.99. The number of anilines is 1. The molecule has 0 saturated heterocycles. The largest absolute Gasteiger partial charge is 0.488 e. The summed E-state index contributed by atoms with van der Waals surface area (Å²) in [5.41, 5.74) is 0.312. The maximum absolute atomic E-state index is 13.3. The summed E-state index contributed by atoms with van der Waals surface area (Å²) < 4.78 is 59.2. The van der Waals surface area contributed by atoms with Gasteiger partial charge in [0.15, 0.2) is 0 Å². The van der Waals surface area contributed by atoms with Gasteiger partial charge >= 0.3 is 0 Å². The summed E-state index contributed by atoms with van der Waals surface area (Å²) in [6.07, 6.45) is 0.387. The normalized spacial score (nSPS) is 20.3. The molecule has 188 valence electrons. The van der Waals surface area contributed by atoms with Gasteiger partial charge in [-0.1, -0.05) is 13.0 Å². The topological polar surface area (TPSA) is 133 Å². The maximum Gasteiger partial charge on any atom is 0.258 e. The highest BCUT2D eigenvalue weighted by Crippen LogP contribution is 2.31. The Morgan fingerprint density at radius 2 is 2.00 bits per heavy atom. The summed E-state index contributed by atoms with van der Waals surface area (Å²) in [6, 6.07) is 7.03. The van der Waals surface area contributed by atoms with Crippen LogP contribution in [0.1, 0.15) is 24.2 Å². The van der Waals surface area contributed by atoms with E-state index in [0.29, 0.717) is 0 Å². The van der Waals surface area contributed by atoms with Crippen LogP contribution in [0.4, 0.5) is 5.69 Å². The van der Waals surface area contributed by atoms with E-state index in [4.69, 9.17) is 4.74 Å². The van der Waals surface area contributed by atoms with Gasteiger partial charge in [0.2, 0.25) is 10.0 Å². The van der Waals surface area contributed by atoms with Gasteiger partial charge < -0.3 is 14.7 Å². The van der Waals surface area contributed by atoms with E-state index in [1.807, 2.05) is 6.92 Å². The van der Waals surface area contributed by atoms with Crippen LogP contribution in [-0.4, -0.2) is 82.2 Å². The maximum atomic E-state index is 13.3. The molecule has 3 rings (SSSR count). The molecule has 0 fully saturated rings. The third kappa shape index (κ3) is 5.89. The third-order valence-electron chi connectivity index (χ3n) is 5.56. The predicted molar refractivity (Wildman–Crippen MR) is 130 cm³/mol. The first-order chi connectivity index (χ1) is 15.8. The van der Waals surface area contributed by atoms with Crippen molar-refractivity contribution in [1.82, 2.24) is 9.21 Å². The highest BCUT2D eigenvalue weighted by Gasteiger charge is 2.35. The van der Waals surface area contributed by atoms with E-state index in [-0.39, 0.29) is 46.8 Å². The van der Waals surface area contributed by atoms with E-state index in [2.05, 4.69) is 4.72 Å². The standard InChI is InChI=1S/C21H29N3O7S3/c1-14-11-24(15(2)13-25)21(26)17-10-16(22-33(4,27)28)7-8-18(17)31-19(14)12-23(3)34(29,30)20-6-5-9-32-20/h5-10,14-15,19,22,25H,11-13H2,1-4H3/t14-,15+,19+/m0/s1. The lowest BCUT2D eigenvalue weighted by atomic mass is 9.99. The molecule has 1 aromatic heterocycles. The predicted octanol–water partition coefficient (Wildman–Crippen LogP) is 1.66. The van der Waals surface area contributed by atoms with Crippen molar-refractivity contribution in [3.63, 3.8) is 0 Å². The van der Waals surface area contributed by atoms with Gasteiger partial charge in [-0.25, -0.2) is 16.8 Å². The lowest BCUT2D eigenvalue weighted by molar-refractivity contribution is 0.0387. The second-order valence-corrected chi connectivity index (χ2v) is 13.4. The van der Waals surface area contributed by atoms with E-state index >= 15 is 0 Å². The summed E-state index contributed by atoms with van der Waals surface area (Å²) in [7, 11) is -5.81. The van der Waals surface area contributed by atoms with Gasteiger partial charge in [-0.2, -0.15) is 4.31 Å². The molecule has 0 bridgehead atoms. The molecular weight excluding hydrogens is 502 g/mol. The SMILES string of the molecule is C[C@H](CO)N1C[C@H](C)[C@@H](CN(C)S(=O)(=O)c2cccs2)Oc2ccc(NS(C)(=O)=O)cc2C1=O. The molecule has 13 heteroatoms. The number of fused-ring (bicyclic) bond motifs is 1. The number of carbonyl (C=O) groups excluding carboxylic acids is 1. The fourth-order valence-electron chi connectivity index (χ4n) is 3.63. The van der Waals surface area contributed by atoms with E-state index < -0.39 is 38.1 Å². The number of sulfonamides is 2. The van der Waals surface area contributed by atoms with Crippen molar-refractivity contribution in [3.8, 4) is 5.75 Å². The van der Waals surface area contributed by atoms with Crippen LogP contribution in [0.25, 0.3) is 0 Å². The minimum Gasteiger partial charge on any atom is -0.488 e. The smallest absolute Gasteiger partial charge is 0.258 e. The molecule has 1 aliphatic rings. The molecule has 2 N–H and O–H groups in total. The van der Waals surface area contributed by atoms with Gasteiger partial charge in [-0.3, -0.25) is 9.52 Å². The number of aliphatic hydroxyl groups is 1. The molecule has 0 radical (unpaired) electrons. The second-order valence-electron chi connectivity index (χ2n) is 8.43. The van der Waals surface area contributed by atoms with Crippen molar-refractivity contribution in [2.45, 2.75) is 30.2 Å². The van der Waals surface area contributed by atoms with Crippen molar-refractivity contribution in [1.29, 1.82) is 0 Å². The molecule has 2 aromatic rings. The number of rotatable bonds is 8. The molecule has 0 unspecified atom stereocenters. The van der Waals surface area contributed by atoms with Gasteiger partial charge in [0.1, 0.15) is 16.1 Å². The van der Waals surface area contributed by atoms with E-state index in [9.17, 15) is 26.7 Å². The van der Waals surface area contributed by atoms with Crippen LogP contribution in [0, 0.1) is 5.92 Å². The lowest BCUT2D eigenvalue weighted by Gasteiger charge is -2.38. The molecule has 0 spiro atoms. The number of aliphatic hydroxyl groups excluding tert-OH is 1. The number of amides is 1. The quantitative estimate of drug-likeness (QED) is 0.529. The Kier molecular flexibility index (Phi) is 7.92. The number of nitrogens with one attached hydrogen (secondary N) is 1. The summed E-state index contributed by atoms with van der Waals surface area (Å²) >= 11 is 1.12. The van der Waals surface area contributed by atoms with Crippen LogP contribution in [-0.2, 0) is 20.0 Å². The molecule has 0 saturated carbocycles. The molecule has 34 heavy (non-hydrogen) atoms. The number of nitrogens with zero attached hydrogens (tertiary/aromatic N) is 2. The van der Waals surface area contributed by atoms with Crippen molar-refractivity contribution in [3.05, 3.63) is 41.3 Å². The number of ether oxygens (including phenoxy) is 1. The molecular formula is C21H29N3O7S3. The zero-order chi connectivity index (χ0) is 25.3. The molecule has 1 aromatic carbocycles. The van der Waals surface area contributed by atoms with Gasteiger partial charge in [0.25, 0.3) is 15.9 Å². The summed E-state index contributed by atoms with van der Waals surface area (Å²) in [5.74, 6) is -0.489. The van der Waals surface area contributed by atoms with Crippen LogP contribution in [0.15, 0.2) is 39.9 Å². The number of benzene rings is 1. The third-order valence-corrected chi connectivity index (χ3v) is 9.37. The molecule has 1 amide bonds. The Labute approximate surface area is 204 Å². The van der Waals surface area contributed by atoms with Crippen LogP contribution < -0.4 is 9.46 Å². The second kappa shape index (κ2) is 10.2. The van der Waals surface area contributed by atoms with Crippen molar-refractivity contribution < 1.29 is 31.5 Å². The first-order valence-corrected chi connectivity index (χ1v) is 14.7. The van der Waals surface area contributed by atoms with Crippen LogP contribution in [0.2, 0.25) is 0 Å². The van der Waals surface area contributed by atoms with Crippen molar-refractivity contribution >= 4 is 43.0 Å². The fourth-order valence-corrected chi connectivity index (χ4v) is 6.57. The Morgan fingerprint density at radius 1 is 1.29 bits per heavy atom. The molecule has 2 heterocycles. The number of hydrogen-bond acceptors (Lipinski definition) is 8. The minimum absolute atomic E-state index is 0.0275. The first-order valence-electron chi connectivity index (χ1n) is 10.5. The Hall–Kier alpha value is -2.19. The zero-order valence-electron chi connectivity index (χ0n) is 19.3. The van der Waals surface area contributed by atoms with Crippen LogP contribution >= 0.6 is 11.3 Å². The molecule has 3 atom stereocenters. The number of likely N-dealkylation sites (N-methyl/N-ethyl adjacent to an activating group) is 1. The monoisotopic (exact) mass is 531 g/mol. The summed E-state index contributed by atoms with van der Waals surface area (Å²) in [5, 5.41) is 11.4. The number of hydrogen-bond donors (Lipinski definition) is 2. The molecule has 10 nitrogen and oxygen atoms in total. The molecule has 0 aliphatic carbocycles. The van der Waals surface area contributed by atoms with E-state index in [1.54, 1.807) is 18.4 Å². The highest BCUT2D eigenvalue weighted by molar-refractivity contribution is 7.92. The van der Waals surface area contributed by atoms with E-state index in [0.717, 1.165) is 17.6 Å². The van der Waals surface area contributed by atoms with Crippen LogP contribution in [0.5, 0.6) is 5.75 Å². The van der Waals surface area contributed by atoms with Gasteiger partial charge in [-0.15, -0.1) is 11.3 Å². The zero-order valence-corrected chi connectivity index (χ0v) is 21.8. The lowest BCUT2D eigenvalue weighted by Crippen LogP contribution is -2.50. The Morgan fingerprint density at radius 3 is 2.59 bits per heavy atom. The van der Waals surface area contributed by atoms with Gasteiger partial charge in [0.05, 0.1) is 31.0 Å². The summed E-state index contributed by atoms with van der Waals surface area (Å²) in [4.78, 5) is 14.8.